The van der Waals surface area contributed by atoms with Gasteiger partial charge in [-0.25, -0.2) is 0 Å². The molecule has 0 radical (unpaired) electrons. The first-order chi connectivity index (χ1) is 7.42. The molecule has 0 bridgehead atoms. The molecule has 80 valence electrons. The number of hydrogen-bond donors (Lipinski definition) is 0. The molecule has 0 saturated heterocycles. The zero-order chi connectivity index (χ0) is 10.5. The highest BCUT2D eigenvalue weighted by Gasteiger charge is 2.16. The Bertz CT molecular complexity index is 330. The molecule has 0 unspecified atom stereocenters. The normalized spacial score (nSPS) is 14.0. The van der Waals surface area contributed by atoms with Crippen molar-refractivity contribution in [2.24, 2.45) is 0 Å². The third kappa shape index (κ3) is 2.41. The largest absolute Gasteiger partial charge is 0.371 e. The zero-order valence-corrected chi connectivity index (χ0v) is 9.28. The SMILES string of the molecule is C=CCCCCN1CCc2ccccc21. The Hall–Kier alpha value is -1.24. The molecule has 0 saturated carbocycles. The van der Waals surface area contributed by atoms with Crippen LogP contribution in [0.25, 0.3) is 0 Å². The second kappa shape index (κ2) is 5.01. The maximum absolute atomic E-state index is 3.75. The second-order valence-electron chi connectivity index (χ2n) is 4.15. The van der Waals surface area contributed by atoms with Crippen LogP contribution < -0.4 is 4.90 Å². The van der Waals surface area contributed by atoms with Crippen LogP contribution in [0.2, 0.25) is 0 Å². The molecule has 0 N–H and O–H groups in total. The van der Waals surface area contributed by atoms with Crippen molar-refractivity contribution in [2.45, 2.75) is 25.7 Å². The lowest BCUT2D eigenvalue weighted by Crippen LogP contribution is -2.21. The van der Waals surface area contributed by atoms with Crippen molar-refractivity contribution in [2.75, 3.05) is 18.0 Å². The topological polar surface area (TPSA) is 3.24 Å². The van der Waals surface area contributed by atoms with Crippen molar-refractivity contribution in [3.05, 3.63) is 42.5 Å². The van der Waals surface area contributed by atoms with Crippen molar-refractivity contribution >= 4 is 5.69 Å². The van der Waals surface area contributed by atoms with Gasteiger partial charge in [-0.15, -0.1) is 6.58 Å². The summed E-state index contributed by atoms with van der Waals surface area (Å²) < 4.78 is 0. The van der Waals surface area contributed by atoms with E-state index in [2.05, 4.69) is 35.7 Å². The molecule has 0 amide bonds. The van der Waals surface area contributed by atoms with Crippen LogP contribution in [0.1, 0.15) is 24.8 Å². The highest BCUT2D eigenvalue weighted by Crippen LogP contribution is 2.27. The van der Waals surface area contributed by atoms with E-state index in [1.165, 1.54) is 43.6 Å². The standard InChI is InChI=1S/C14H19N/c1-2-3-4-7-11-15-12-10-13-8-5-6-9-14(13)15/h2,5-6,8-9H,1,3-4,7,10-12H2. The predicted molar refractivity (Wildman–Crippen MR) is 66.4 cm³/mol. The first-order valence-electron chi connectivity index (χ1n) is 5.85. The molecule has 1 heteroatoms. The monoisotopic (exact) mass is 201 g/mol. The number of rotatable bonds is 5. The van der Waals surface area contributed by atoms with Gasteiger partial charge in [-0.1, -0.05) is 24.3 Å². The summed E-state index contributed by atoms with van der Waals surface area (Å²) in [6.45, 7) is 6.15. The molecule has 0 spiro atoms. The van der Waals surface area contributed by atoms with Crippen molar-refractivity contribution < 1.29 is 0 Å². The van der Waals surface area contributed by atoms with E-state index in [1.807, 2.05) is 6.08 Å². The summed E-state index contributed by atoms with van der Waals surface area (Å²) in [5.74, 6) is 0. The fourth-order valence-corrected chi connectivity index (χ4v) is 2.23. The molecule has 0 aliphatic carbocycles. The number of allylic oxidation sites excluding steroid dienone is 1. The second-order valence-corrected chi connectivity index (χ2v) is 4.15. The predicted octanol–water partition coefficient (Wildman–Crippen LogP) is 3.41. The molecule has 0 aromatic heterocycles. The summed E-state index contributed by atoms with van der Waals surface area (Å²) >= 11 is 0. The summed E-state index contributed by atoms with van der Waals surface area (Å²) in [6.07, 6.45) is 6.92. The fraction of sp³-hybridized carbons (Fsp3) is 0.429. The average Bonchev–Trinajstić information content (AvgIpc) is 2.68. The Morgan fingerprint density at radius 2 is 2.13 bits per heavy atom. The summed E-state index contributed by atoms with van der Waals surface area (Å²) in [4.78, 5) is 2.51. The maximum Gasteiger partial charge on any atom is 0.0399 e. The van der Waals surface area contributed by atoms with E-state index >= 15 is 0 Å². The summed E-state index contributed by atoms with van der Waals surface area (Å²) in [5.41, 5.74) is 2.97. The van der Waals surface area contributed by atoms with E-state index in [0.717, 1.165) is 6.42 Å². The zero-order valence-electron chi connectivity index (χ0n) is 9.28. The molecule has 0 fully saturated rings. The first kappa shape index (κ1) is 10.3. The van der Waals surface area contributed by atoms with Crippen molar-refractivity contribution in [3.8, 4) is 0 Å². The van der Waals surface area contributed by atoms with Gasteiger partial charge in [0.05, 0.1) is 0 Å². The highest BCUT2D eigenvalue weighted by molar-refractivity contribution is 5.57. The number of benzene rings is 1. The average molecular weight is 201 g/mol. The molecule has 1 aliphatic rings. The molecular formula is C14H19N. The van der Waals surface area contributed by atoms with Gasteiger partial charge in [0.1, 0.15) is 0 Å². The fourth-order valence-electron chi connectivity index (χ4n) is 2.23. The highest BCUT2D eigenvalue weighted by atomic mass is 15.1. The quantitative estimate of drug-likeness (QED) is 0.521. The molecular weight excluding hydrogens is 182 g/mol. The Kier molecular flexibility index (Phi) is 3.44. The van der Waals surface area contributed by atoms with Gasteiger partial charge in [-0.3, -0.25) is 0 Å². The third-order valence-electron chi connectivity index (χ3n) is 3.07. The Balaban J connectivity index is 1.88. The minimum Gasteiger partial charge on any atom is -0.371 e. The van der Waals surface area contributed by atoms with Crippen LogP contribution in [-0.4, -0.2) is 13.1 Å². The Morgan fingerprint density at radius 3 is 3.00 bits per heavy atom. The van der Waals surface area contributed by atoms with Crippen LogP contribution in [0, 0.1) is 0 Å². The molecule has 1 heterocycles. The van der Waals surface area contributed by atoms with E-state index in [0.29, 0.717) is 0 Å². The number of fused-ring (bicyclic) bond motifs is 1. The molecule has 1 aromatic rings. The van der Waals surface area contributed by atoms with Crippen LogP contribution in [0.3, 0.4) is 0 Å². The third-order valence-corrected chi connectivity index (χ3v) is 3.07. The van der Waals surface area contributed by atoms with Gasteiger partial charge < -0.3 is 4.90 Å². The summed E-state index contributed by atoms with van der Waals surface area (Å²) in [7, 11) is 0. The van der Waals surface area contributed by atoms with Crippen molar-refractivity contribution in [1.82, 2.24) is 0 Å². The molecule has 1 aromatic carbocycles. The van der Waals surface area contributed by atoms with Gasteiger partial charge >= 0.3 is 0 Å². The lowest BCUT2D eigenvalue weighted by atomic mass is 10.2. The number of anilines is 1. The first-order valence-corrected chi connectivity index (χ1v) is 5.85. The Labute approximate surface area is 92.4 Å². The number of hydrogen-bond acceptors (Lipinski definition) is 1. The van der Waals surface area contributed by atoms with Gasteiger partial charge in [0.15, 0.2) is 0 Å². The lowest BCUT2D eigenvalue weighted by Gasteiger charge is -2.18. The maximum atomic E-state index is 3.75. The van der Waals surface area contributed by atoms with Crippen LogP contribution in [0.4, 0.5) is 5.69 Å². The van der Waals surface area contributed by atoms with Gasteiger partial charge in [0.25, 0.3) is 0 Å². The number of para-hydroxylation sites is 1. The van der Waals surface area contributed by atoms with Crippen LogP contribution >= 0.6 is 0 Å². The van der Waals surface area contributed by atoms with E-state index in [9.17, 15) is 0 Å². The van der Waals surface area contributed by atoms with E-state index in [1.54, 1.807) is 0 Å². The van der Waals surface area contributed by atoms with E-state index in [-0.39, 0.29) is 0 Å². The number of unbranched alkanes of at least 4 members (excludes halogenated alkanes) is 2. The van der Waals surface area contributed by atoms with Gasteiger partial charge in [0.2, 0.25) is 0 Å². The van der Waals surface area contributed by atoms with E-state index < -0.39 is 0 Å². The van der Waals surface area contributed by atoms with Crippen molar-refractivity contribution in [3.63, 3.8) is 0 Å². The Morgan fingerprint density at radius 1 is 1.27 bits per heavy atom. The van der Waals surface area contributed by atoms with Crippen molar-refractivity contribution in [1.29, 1.82) is 0 Å². The van der Waals surface area contributed by atoms with Gasteiger partial charge in [-0.2, -0.15) is 0 Å². The molecule has 15 heavy (non-hydrogen) atoms. The lowest BCUT2D eigenvalue weighted by molar-refractivity contribution is 0.708. The van der Waals surface area contributed by atoms with Crippen LogP contribution in [-0.2, 0) is 6.42 Å². The van der Waals surface area contributed by atoms with Gasteiger partial charge in [0, 0.05) is 18.8 Å². The molecule has 0 atom stereocenters. The smallest absolute Gasteiger partial charge is 0.0399 e. The van der Waals surface area contributed by atoms with Crippen LogP contribution in [0.15, 0.2) is 36.9 Å². The summed E-state index contributed by atoms with van der Waals surface area (Å²) in [6, 6.07) is 8.77. The van der Waals surface area contributed by atoms with Crippen LogP contribution in [0.5, 0.6) is 0 Å². The minimum absolute atomic E-state index is 1.15. The number of nitrogens with zero attached hydrogens (tertiary/aromatic N) is 1. The minimum atomic E-state index is 1.15. The summed E-state index contributed by atoms with van der Waals surface area (Å²) in [5, 5.41) is 0. The van der Waals surface area contributed by atoms with E-state index in [4.69, 9.17) is 0 Å². The molecule has 1 nitrogen and oxygen atoms in total. The van der Waals surface area contributed by atoms with Gasteiger partial charge in [-0.05, 0) is 37.3 Å². The molecule has 1 aliphatic heterocycles. The molecule has 2 rings (SSSR count).